The first-order chi connectivity index (χ1) is 12.5. The minimum Gasteiger partial charge on any atom is -0.480 e. The number of hydrogen-bond acceptors (Lipinski definition) is 5. The minimum absolute atomic E-state index is 0.104. The summed E-state index contributed by atoms with van der Waals surface area (Å²) in [5.41, 5.74) is 1.27. The minimum atomic E-state index is -1.20. The van der Waals surface area contributed by atoms with Crippen molar-refractivity contribution in [3.8, 4) is 0 Å². The van der Waals surface area contributed by atoms with Crippen LogP contribution in [0.2, 0.25) is 0 Å². The molecule has 2 rings (SSSR count). The molecule has 0 heterocycles. The molecule has 0 spiro atoms. The fourth-order valence-corrected chi connectivity index (χ4v) is 2.37. The third-order valence-corrected chi connectivity index (χ3v) is 3.81. The second-order valence-corrected chi connectivity index (χ2v) is 5.87. The molecule has 0 fully saturated rings. The number of esters is 1. The predicted molar refractivity (Wildman–Crippen MR) is 95.6 cm³/mol. The quantitative estimate of drug-likeness (QED) is 0.530. The van der Waals surface area contributed by atoms with Gasteiger partial charge in [-0.1, -0.05) is 60.7 Å². The Labute approximate surface area is 151 Å². The van der Waals surface area contributed by atoms with Crippen molar-refractivity contribution < 1.29 is 24.2 Å². The van der Waals surface area contributed by atoms with E-state index in [2.05, 4.69) is 5.32 Å². The molecule has 0 aliphatic heterocycles. The van der Waals surface area contributed by atoms with Gasteiger partial charge in [-0.05, 0) is 12.5 Å². The zero-order valence-corrected chi connectivity index (χ0v) is 14.4. The van der Waals surface area contributed by atoms with E-state index in [1.165, 1.54) is 6.92 Å². The summed E-state index contributed by atoms with van der Waals surface area (Å²) in [6.45, 7) is 1.61. The molecule has 0 aliphatic rings. The van der Waals surface area contributed by atoms with Crippen LogP contribution in [0.5, 0.6) is 0 Å². The molecule has 6 nitrogen and oxygen atoms in total. The Hall–Kier alpha value is -2.99. The van der Waals surface area contributed by atoms with E-state index in [0.717, 1.165) is 5.56 Å². The van der Waals surface area contributed by atoms with Crippen molar-refractivity contribution in [1.29, 1.82) is 0 Å². The Bertz CT molecular complexity index is 745. The normalized spacial score (nSPS) is 12.8. The molecule has 2 aromatic rings. The number of carbonyl (C=O) groups excluding carboxylic acids is 2. The molecular formula is C20H21NO5. The largest absolute Gasteiger partial charge is 0.480 e. The Morgan fingerprint density at radius 1 is 1.00 bits per heavy atom. The highest BCUT2D eigenvalue weighted by atomic mass is 16.5. The Morgan fingerprint density at radius 2 is 1.58 bits per heavy atom. The molecule has 2 N–H and O–H groups in total. The molecule has 2 aromatic carbocycles. The van der Waals surface area contributed by atoms with Gasteiger partial charge in [0.05, 0.1) is 0 Å². The van der Waals surface area contributed by atoms with Crippen LogP contribution in [0.15, 0.2) is 60.7 Å². The lowest BCUT2D eigenvalue weighted by atomic mass is 10.0. The van der Waals surface area contributed by atoms with Crippen LogP contribution in [0.1, 0.15) is 29.3 Å². The molecule has 0 saturated heterocycles. The number of ether oxygens (including phenoxy) is 1. The van der Waals surface area contributed by atoms with Crippen molar-refractivity contribution in [2.24, 2.45) is 0 Å². The summed E-state index contributed by atoms with van der Waals surface area (Å²) >= 11 is 0. The Kier molecular flexibility index (Phi) is 7.05. The molecule has 2 atom stereocenters. The summed E-state index contributed by atoms with van der Waals surface area (Å²) in [7, 11) is 0. The molecular weight excluding hydrogens is 334 g/mol. The maximum atomic E-state index is 12.2. The summed E-state index contributed by atoms with van der Waals surface area (Å²) in [4.78, 5) is 35.7. The van der Waals surface area contributed by atoms with Gasteiger partial charge in [0.1, 0.15) is 18.7 Å². The van der Waals surface area contributed by atoms with Crippen molar-refractivity contribution in [3.05, 3.63) is 71.8 Å². The van der Waals surface area contributed by atoms with Crippen molar-refractivity contribution in [2.45, 2.75) is 32.0 Å². The van der Waals surface area contributed by atoms with Crippen molar-refractivity contribution >= 4 is 17.7 Å². The Balaban J connectivity index is 1.90. The number of hydrogen-bond donors (Lipinski definition) is 2. The zero-order chi connectivity index (χ0) is 18.9. The fraction of sp³-hybridized carbons (Fsp3) is 0.250. The number of nitrogens with one attached hydrogen (secondary N) is 1. The highest BCUT2D eigenvalue weighted by Crippen LogP contribution is 2.08. The first-order valence-electron chi connectivity index (χ1n) is 8.25. The van der Waals surface area contributed by atoms with E-state index in [1.54, 1.807) is 30.3 Å². The van der Waals surface area contributed by atoms with Crippen LogP contribution in [0.25, 0.3) is 0 Å². The lowest BCUT2D eigenvalue weighted by molar-refractivity contribution is -0.148. The standard InChI is InChI=1S/C20H21NO5/c1-14(20(25)26-13-15-8-4-2-5-9-15)21-17(19(23)24)12-18(22)16-10-6-3-7-11-16/h2-11,14,17,21H,12-13H2,1H3,(H,23,24). The SMILES string of the molecule is CC(NC(CC(=O)c1ccccc1)C(=O)O)C(=O)OCc1ccccc1. The number of aliphatic carboxylic acids is 1. The van der Waals surface area contributed by atoms with Gasteiger partial charge in [0.15, 0.2) is 5.78 Å². The van der Waals surface area contributed by atoms with Crippen LogP contribution in [0, 0.1) is 0 Å². The molecule has 2 unspecified atom stereocenters. The van der Waals surface area contributed by atoms with Crippen molar-refractivity contribution in [3.63, 3.8) is 0 Å². The van der Waals surface area contributed by atoms with Gasteiger partial charge >= 0.3 is 11.9 Å². The third kappa shape index (κ3) is 5.82. The maximum absolute atomic E-state index is 12.2. The molecule has 0 radical (unpaired) electrons. The van der Waals surface area contributed by atoms with Crippen LogP contribution < -0.4 is 5.32 Å². The van der Waals surface area contributed by atoms with E-state index < -0.39 is 24.0 Å². The van der Waals surface area contributed by atoms with Gasteiger partial charge in [-0.3, -0.25) is 19.7 Å². The van der Waals surface area contributed by atoms with Gasteiger partial charge in [0.25, 0.3) is 0 Å². The summed E-state index contributed by atoms with van der Waals surface area (Å²) in [5, 5.41) is 12.0. The van der Waals surface area contributed by atoms with Crippen LogP contribution >= 0.6 is 0 Å². The summed E-state index contributed by atoms with van der Waals surface area (Å²) in [6.07, 6.45) is -0.254. The number of benzene rings is 2. The first-order valence-corrected chi connectivity index (χ1v) is 8.25. The van der Waals surface area contributed by atoms with Gasteiger partial charge in [0.2, 0.25) is 0 Å². The summed E-state index contributed by atoms with van der Waals surface area (Å²) in [6, 6.07) is 15.6. The topological polar surface area (TPSA) is 92.7 Å². The van der Waals surface area contributed by atoms with Crippen LogP contribution in [0.4, 0.5) is 0 Å². The van der Waals surface area contributed by atoms with E-state index in [9.17, 15) is 19.5 Å². The predicted octanol–water partition coefficient (Wildman–Crippen LogP) is 2.43. The van der Waals surface area contributed by atoms with E-state index >= 15 is 0 Å². The number of ketones is 1. The zero-order valence-electron chi connectivity index (χ0n) is 14.4. The number of carboxylic acid groups (broad SMARTS) is 1. The molecule has 0 bridgehead atoms. The number of carboxylic acids is 1. The summed E-state index contributed by atoms with van der Waals surface area (Å²) < 4.78 is 5.18. The first kappa shape index (κ1) is 19.3. The second-order valence-electron chi connectivity index (χ2n) is 5.87. The maximum Gasteiger partial charge on any atom is 0.323 e. The average Bonchev–Trinajstić information content (AvgIpc) is 2.66. The number of Topliss-reactive ketones (excluding diaryl/α,β-unsaturated/α-hetero) is 1. The fourth-order valence-electron chi connectivity index (χ4n) is 2.37. The smallest absolute Gasteiger partial charge is 0.323 e. The van der Waals surface area contributed by atoms with Crippen molar-refractivity contribution in [1.82, 2.24) is 5.32 Å². The Morgan fingerprint density at radius 3 is 2.15 bits per heavy atom. The number of rotatable bonds is 9. The second kappa shape index (κ2) is 9.48. The van der Waals surface area contributed by atoms with Crippen LogP contribution in [-0.2, 0) is 20.9 Å². The van der Waals surface area contributed by atoms with Gasteiger partial charge in [-0.15, -0.1) is 0 Å². The van der Waals surface area contributed by atoms with Crippen molar-refractivity contribution in [2.75, 3.05) is 0 Å². The van der Waals surface area contributed by atoms with Gasteiger partial charge in [-0.25, -0.2) is 0 Å². The average molecular weight is 355 g/mol. The van der Waals surface area contributed by atoms with E-state index in [1.807, 2.05) is 30.3 Å². The number of carbonyl (C=O) groups is 3. The van der Waals surface area contributed by atoms with Crippen LogP contribution in [0.3, 0.4) is 0 Å². The van der Waals surface area contributed by atoms with Gasteiger partial charge < -0.3 is 9.84 Å². The monoisotopic (exact) mass is 355 g/mol. The van der Waals surface area contributed by atoms with Crippen LogP contribution in [-0.4, -0.2) is 34.9 Å². The molecule has 0 amide bonds. The third-order valence-electron chi connectivity index (χ3n) is 3.81. The molecule has 0 saturated carbocycles. The molecule has 0 aliphatic carbocycles. The van der Waals surface area contributed by atoms with E-state index in [0.29, 0.717) is 5.56 Å². The van der Waals surface area contributed by atoms with Gasteiger partial charge in [0, 0.05) is 12.0 Å². The summed E-state index contributed by atoms with van der Waals surface area (Å²) in [5.74, 6) is -2.08. The van der Waals surface area contributed by atoms with E-state index in [4.69, 9.17) is 4.74 Å². The molecule has 0 aromatic heterocycles. The molecule has 26 heavy (non-hydrogen) atoms. The highest BCUT2D eigenvalue weighted by Gasteiger charge is 2.26. The lowest BCUT2D eigenvalue weighted by Gasteiger charge is -2.19. The highest BCUT2D eigenvalue weighted by molar-refractivity contribution is 5.98. The lowest BCUT2D eigenvalue weighted by Crippen LogP contribution is -2.47. The molecule has 136 valence electrons. The molecule has 6 heteroatoms. The van der Waals surface area contributed by atoms with E-state index in [-0.39, 0.29) is 18.8 Å². The van der Waals surface area contributed by atoms with Gasteiger partial charge in [-0.2, -0.15) is 0 Å².